The van der Waals surface area contributed by atoms with Crippen LogP contribution in [0, 0.1) is 5.92 Å². The van der Waals surface area contributed by atoms with Crippen molar-refractivity contribution >= 4 is 23.7 Å². The van der Waals surface area contributed by atoms with Gasteiger partial charge in [0.05, 0.1) is 6.04 Å². The minimum Gasteiger partial charge on any atom is -0.444 e. The molecule has 0 aliphatic rings. The Kier molecular flexibility index (Phi) is 11.4. The summed E-state index contributed by atoms with van der Waals surface area (Å²) in [6.07, 6.45) is 1.44. The number of amides is 3. The van der Waals surface area contributed by atoms with Crippen LogP contribution >= 0.6 is 0 Å². The summed E-state index contributed by atoms with van der Waals surface area (Å²) in [7, 11) is 1.54. The molecule has 1 rings (SSSR count). The average Bonchev–Trinajstić information content (AvgIpc) is 2.70. The van der Waals surface area contributed by atoms with Gasteiger partial charge in [-0.15, -0.1) is 0 Å². The smallest absolute Gasteiger partial charge is 0.408 e. The van der Waals surface area contributed by atoms with Gasteiger partial charge in [-0.25, -0.2) is 4.79 Å². The van der Waals surface area contributed by atoms with Gasteiger partial charge in [0.25, 0.3) is 0 Å². The third-order valence-electron chi connectivity index (χ3n) is 4.76. The molecule has 32 heavy (non-hydrogen) atoms. The van der Waals surface area contributed by atoms with Crippen LogP contribution in [0.5, 0.6) is 0 Å². The zero-order valence-electron chi connectivity index (χ0n) is 19.8. The monoisotopic (exact) mass is 447 g/mol. The van der Waals surface area contributed by atoms with Crippen LogP contribution in [0.1, 0.15) is 58.9 Å². The molecule has 8 nitrogen and oxygen atoms in total. The molecule has 0 spiro atoms. The van der Waals surface area contributed by atoms with Crippen LogP contribution in [0.25, 0.3) is 0 Å². The molecular weight excluding hydrogens is 410 g/mol. The average molecular weight is 448 g/mol. The normalized spacial score (nSPS) is 12.9. The van der Waals surface area contributed by atoms with Gasteiger partial charge < -0.3 is 20.7 Å². The maximum Gasteiger partial charge on any atom is 0.408 e. The van der Waals surface area contributed by atoms with Crippen molar-refractivity contribution in [2.45, 2.75) is 71.4 Å². The number of nitrogens with one attached hydrogen (secondary N) is 3. The molecule has 1 aromatic carbocycles. The molecule has 0 fully saturated rings. The summed E-state index contributed by atoms with van der Waals surface area (Å²) >= 11 is 0. The van der Waals surface area contributed by atoms with Crippen molar-refractivity contribution in [2.75, 3.05) is 13.6 Å². The fourth-order valence-electron chi connectivity index (χ4n) is 3.25. The summed E-state index contributed by atoms with van der Waals surface area (Å²) < 4.78 is 5.31. The van der Waals surface area contributed by atoms with E-state index in [2.05, 4.69) is 16.0 Å². The maximum atomic E-state index is 13.1. The second kappa shape index (κ2) is 13.5. The van der Waals surface area contributed by atoms with Crippen molar-refractivity contribution in [1.29, 1.82) is 0 Å². The number of Topliss-reactive ketones (excluding diaryl/α,β-unsaturated/α-hetero) is 1. The fourth-order valence-corrected chi connectivity index (χ4v) is 3.25. The van der Waals surface area contributed by atoms with E-state index >= 15 is 0 Å². The SMILES string of the molecule is CNC(=O)[C@@H](CC(=O)[C@H](CCCCNC(C)=O)NC(=O)OC(C)(C)C)Cc1ccccc1. The van der Waals surface area contributed by atoms with Crippen LogP contribution in [0.3, 0.4) is 0 Å². The first-order valence-corrected chi connectivity index (χ1v) is 11.0. The van der Waals surface area contributed by atoms with Gasteiger partial charge in [-0.2, -0.15) is 0 Å². The van der Waals surface area contributed by atoms with Gasteiger partial charge in [0.15, 0.2) is 5.78 Å². The van der Waals surface area contributed by atoms with E-state index < -0.39 is 23.7 Å². The molecule has 2 atom stereocenters. The van der Waals surface area contributed by atoms with E-state index in [-0.39, 0.29) is 24.0 Å². The standard InChI is InChI=1S/C24H37N3O5/c1-17(28)26-14-10-9-13-20(27-23(31)32-24(2,3)4)21(29)16-19(22(30)25-5)15-18-11-7-6-8-12-18/h6-8,11-12,19-20H,9-10,13-16H2,1-5H3,(H,25,30)(H,26,28)(H,27,31)/t19-,20+/m1/s1. The number of unbranched alkanes of at least 4 members (excludes halogenated alkanes) is 1. The number of hydrogen-bond acceptors (Lipinski definition) is 5. The third kappa shape index (κ3) is 11.5. The lowest BCUT2D eigenvalue weighted by atomic mass is 9.90. The first-order valence-electron chi connectivity index (χ1n) is 11.0. The van der Waals surface area contributed by atoms with E-state index in [1.54, 1.807) is 27.8 Å². The highest BCUT2D eigenvalue weighted by molar-refractivity contribution is 5.91. The van der Waals surface area contributed by atoms with Crippen LogP contribution in [-0.4, -0.2) is 48.9 Å². The molecule has 0 aliphatic carbocycles. The Morgan fingerprint density at radius 1 is 1.03 bits per heavy atom. The minimum atomic E-state index is -0.773. The second-order valence-electron chi connectivity index (χ2n) is 8.85. The van der Waals surface area contributed by atoms with E-state index in [0.717, 1.165) is 5.56 Å². The Balaban J connectivity index is 2.85. The highest BCUT2D eigenvalue weighted by Crippen LogP contribution is 2.17. The van der Waals surface area contributed by atoms with Crippen LogP contribution in [0.4, 0.5) is 4.79 Å². The molecule has 0 aromatic heterocycles. The first kappa shape index (κ1) is 27.1. The summed E-state index contributed by atoms with van der Waals surface area (Å²) in [5.74, 6) is -1.10. The lowest BCUT2D eigenvalue weighted by molar-refractivity contribution is -0.130. The predicted molar refractivity (Wildman–Crippen MR) is 123 cm³/mol. The Morgan fingerprint density at radius 3 is 2.25 bits per heavy atom. The molecule has 1 aromatic rings. The number of hydrogen-bond donors (Lipinski definition) is 3. The van der Waals surface area contributed by atoms with Gasteiger partial charge in [0.1, 0.15) is 5.60 Å². The molecule has 0 heterocycles. The molecule has 0 bridgehead atoms. The predicted octanol–water partition coefficient (Wildman–Crippen LogP) is 2.75. The third-order valence-corrected chi connectivity index (χ3v) is 4.76. The van der Waals surface area contributed by atoms with Gasteiger partial charge in [0, 0.05) is 32.9 Å². The summed E-state index contributed by atoms with van der Waals surface area (Å²) in [4.78, 5) is 48.9. The van der Waals surface area contributed by atoms with E-state index in [1.807, 2.05) is 30.3 Å². The first-order chi connectivity index (χ1) is 15.0. The van der Waals surface area contributed by atoms with E-state index in [1.165, 1.54) is 6.92 Å². The largest absolute Gasteiger partial charge is 0.444 e. The number of rotatable bonds is 12. The van der Waals surface area contributed by atoms with Crippen molar-refractivity contribution in [3.05, 3.63) is 35.9 Å². The minimum absolute atomic E-state index is 0.000722. The van der Waals surface area contributed by atoms with Gasteiger partial charge >= 0.3 is 6.09 Å². The summed E-state index contributed by atoms with van der Waals surface area (Å²) in [6, 6.07) is 8.73. The number of ketones is 1. The Bertz CT molecular complexity index is 759. The molecule has 8 heteroatoms. The topological polar surface area (TPSA) is 114 Å². The molecule has 178 valence electrons. The molecule has 0 radical (unpaired) electrons. The van der Waals surface area contributed by atoms with Crippen molar-refractivity contribution < 1.29 is 23.9 Å². The number of alkyl carbamates (subject to hydrolysis) is 1. The van der Waals surface area contributed by atoms with E-state index in [9.17, 15) is 19.2 Å². The number of benzene rings is 1. The lowest BCUT2D eigenvalue weighted by Gasteiger charge is -2.24. The Hall–Kier alpha value is -2.90. The zero-order valence-corrected chi connectivity index (χ0v) is 19.8. The quantitative estimate of drug-likeness (QED) is 0.426. The molecule has 0 aliphatic heterocycles. The van der Waals surface area contributed by atoms with Crippen molar-refractivity contribution in [3.63, 3.8) is 0 Å². The van der Waals surface area contributed by atoms with Crippen LogP contribution < -0.4 is 16.0 Å². The molecule has 3 amide bonds. The van der Waals surface area contributed by atoms with Gasteiger partial charge in [0.2, 0.25) is 11.8 Å². The number of carbonyl (C=O) groups excluding carboxylic acids is 4. The summed E-state index contributed by atoms with van der Waals surface area (Å²) in [5, 5.41) is 8.01. The Labute approximate surface area is 190 Å². The van der Waals surface area contributed by atoms with Crippen LogP contribution in [0.15, 0.2) is 30.3 Å². The van der Waals surface area contributed by atoms with E-state index in [4.69, 9.17) is 4.74 Å². The lowest BCUT2D eigenvalue weighted by Crippen LogP contribution is -2.45. The van der Waals surface area contributed by atoms with Crippen molar-refractivity contribution in [3.8, 4) is 0 Å². The highest BCUT2D eigenvalue weighted by Gasteiger charge is 2.28. The van der Waals surface area contributed by atoms with Crippen molar-refractivity contribution in [1.82, 2.24) is 16.0 Å². The number of carbonyl (C=O) groups is 4. The molecule has 0 saturated carbocycles. The molecule has 0 saturated heterocycles. The second-order valence-corrected chi connectivity index (χ2v) is 8.85. The van der Waals surface area contributed by atoms with Gasteiger partial charge in [-0.1, -0.05) is 30.3 Å². The summed E-state index contributed by atoms with van der Waals surface area (Å²) in [5.41, 5.74) is 0.266. The molecule has 0 unspecified atom stereocenters. The van der Waals surface area contributed by atoms with E-state index in [0.29, 0.717) is 32.2 Å². The molecular formula is C24H37N3O5. The Morgan fingerprint density at radius 2 is 1.69 bits per heavy atom. The van der Waals surface area contributed by atoms with Crippen LogP contribution in [-0.2, 0) is 25.5 Å². The van der Waals surface area contributed by atoms with Gasteiger partial charge in [-0.3, -0.25) is 14.4 Å². The maximum absolute atomic E-state index is 13.1. The molecule has 3 N–H and O–H groups in total. The van der Waals surface area contributed by atoms with Gasteiger partial charge in [-0.05, 0) is 52.0 Å². The highest BCUT2D eigenvalue weighted by atomic mass is 16.6. The zero-order chi connectivity index (χ0) is 24.1. The summed E-state index contributed by atoms with van der Waals surface area (Å²) in [6.45, 7) is 7.19. The van der Waals surface area contributed by atoms with Crippen LogP contribution in [0.2, 0.25) is 0 Å². The number of ether oxygens (including phenoxy) is 1. The van der Waals surface area contributed by atoms with Crippen molar-refractivity contribution in [2.24, 2.45) is 5.92 Å². The fraction of sp³-hybridized carbons (Fsp3) is 0.583.